The molecule has 194 valence electrons. The fourth-order valence-corrected chi connectivity index (χ4v) is 5.19. The van der Waals surface area contributed by atoms with E-state index in [1.807, 2.05) is 24.6 Å². The first kappa shape index (κ1) is 25.1. The topological polar surface area (TPSA) is 68.0 Å². The molecule has 1 N–H and O–H groups in total. The van der Waals surface area contributed by atoms with Gasteiger partial charge in [0, 0.05) is 36.2 Å². The van der Waals surface area contributed by atoms with E-state index in [-0.39, 0.29) is 11.6 Å². The van der Waals surface area contributed by atoms with Gasteiger partial charge in [0.15, 0.2) is 0 Å². The predicted molar refractivity (Wildman–Crippen MR) is 147 cm³/mol. The van der Waals surface area contributed by atoms with E-state index in [9.17, 15) is 9.18 Å². The molecule has 7 nitrogen and oxygen atoms in total. The van der Waals surface area contributed by atoms with Crippen LogP contribution < -0.4 is 10.9 Å². The highest BCUT2D eigenvalue weighted by atomic mass is 19.1. The van der Waals surface area contributed by atoms with Gasteiger partial charge in [-0.25, -0.2) is 18.7 Å². The molecule has 0 saturated heterocycles. The molecule has 1 aliphatic rings. The second kappa shape index (κ2) is 9.41. The summed E-state index contributed by atoms with van der Waals surface area (Å²) in [4.78, 5) is 24.4. The monoisotopic (exact) mass is 502 g/mol. The number of alkyl halides is 1. The van der Waals surface area contributed by atoms with Crippen molar-refractivity contribution in [2.45, 2.75) is 64.7 Å². The Bertz CT molecular complexity index is 1510. The highest BCUT2D eigenvalue weighted by Crippen LogP contribution is 2.30. The van der Waals surface area contributed by atoms with Crippen LogP contribution in [0.4, 0.5) is 15.9 Å². The van der Waals surface area contributed by atoms with Crippen molar-refractivity contribution in [3.63, 3.8) is 0 Å². The third-order valence-corrected chi connectivity index (χ3v) is 7.26. The summed E-state index contributed by atoms with van der Waals surface area (Å²) in [6.45, 7) is 6.87. The summed E-state index contributed by atoms with van der Waals surface area (Å²) < 4.78 is 18.3. The van der Waals surface area contributed by atoms with Crippen molar-refractivity contribution in [2.75, 3.05) is 19.4 Å². The molecule has 0 fully saturated rings. The number of rotatable bonds is 6. The Hall–Kier alpha value is -3.52. The highest BCUT2D eigenvalue weighted by molar-refractivity contribution is 5.83. The Morgan fingerprint density at radius 3 is 2.59 bits per heavy atom. The van der Waals surface area contributed by atoms with Crippen LogP contribution in [-0.4, -0.2) is 44.4 Å². The van der Waals surface area contributed by atoms with Crippen LogP contribution in [0.25, 0.3) is 16.6 Å². The average molecular weight is 503 g/mol. The number of nitrogens with one attached hydrogen (secondary N) is 1. The van der Waals surface area contributed by atoms with Crippen molar-refractivity contribution < 1.29 is 4.39 Å². The van der Waals surface area contributed by atoms with Gasteiger partial charge < -0.3 is 10.2 Å². The zero-order chi connectivity index (χ0) is 26.5. The minimum Gasteiger partial charge on any atom is -0.340 e. The van der Waals surface area contributed by atoms with Crippen LogP contribution in [0.5, 0.6) is 0 Å². The van der Waals surface area contributed by atoms with Gasteiger partial charge in [-0.05, 0) is 96.4 Å². The number of fused-ring (bicyclic) bond motifs is 2. The maximum absolute atomic E-state index is 14.7. The van der Waals surface area contributed by atoms with Crippen LogP contribution in [0.3, 0.4) is 0 Å². The largest absolute Gasteiger partial charge is 0.340 e. The average Bonchev–Trinajstić information content (AvgIpc) is 3.15. The van der Waals surface area contributed by atoms with Gasteiger partial charge in [-0.3, -0.25) is 9.78 Å². The molecule has 4 aromatic rings. The molecule has 1 unspecified atom stereocenters. The predicted octanol–water partition coefficient (Wildman–Crippen LogP) is 5.53. The molecule has 1 atom stereocenters. The summed E-state index contributed by atoms with van der Waals surface area (Å²) >= 11 is 0. The number of benzene rings is 1. The van der Waals surface area contributed by atoms with Crippen LogP contribution in [0.2, 0.25) is 0 Å². The van der Waals surface area contributed by atoms with Crippen LogP contribution in [0.15, 0.2) is 53.6 Å². The molecule has 0 bridgehead atoms. The van der Waals surface area contributed by atoms with Crippen LogP contribution in [0.1, 0.15) is 57.0 Å². The van der Waals surface area contributed by atoms with E-state index in [2.05, 4.69) is 52.5 Å². The van der Waals surface area contributed by atoms with Gasteiger partial charge in [0.2, 0.25) is 0 Å². The van der Waals surface area contributed by atoms with Crippen molar-refractivity contribution >= 4 is 22.4 Å². The lowest BCUT2D eigenvalue weighted by Crippen LogP contribution is -2.33. The molecule has 0 amide bonds. The first-order valence-electron chi connectivity index (χ1n) is 12.9. The van der Waals surface area contributed by atoms with Crippen molar-refractivity contribution in [3.05, 3.63) is 76.0 Å². The van der Waals surface area contributed by atoms with E-state index >= 15 is 0 Å². The molecule has 8 heteroatoms. The van der Waals surface area contributed by atoms with Gasteiger partial charge in [-0.2, -0.15) is 0 Å². The smallest absolute Gasteiger partial charge is 0.276 e. The molecule has 0 saturated carbocycles. The minimum absolute atomic E-state index is 0.114. The number of hydrogen-bond donors (Lipinski definition) is 1. The fraction of sp³-hybridized carbons (Fsp3) is 0.414. The zero-order valence-corrected chi connectivity index (χ0v) is 22.4. The maximum Gasteiger partial charge on any atom is 0.276 e. The van der Waals surface area contributed by atoms with Gasteiger partial charge in [0.1, 0.15) is 11.5 Å². The zero-order valence-electron chi connectivity index (χ0n) is 22.4. The van der Waals surface area contributed by atoms with E-state index in [4.69, 9.17) is 0 Å². The van der Waals surface area contributed by atoms with Gasteiger partial charge in [-0.1, -0.05) is 6.07 Å². The first-order chi connectivity index (χ1) is 17.5. The van der Waals surface area contributed by atoms with Crippen molar-refractivity contribution in [2.24, 2.45) is 0 Å². The molecule has 3 heterocycles. The molecule has 5 rings (SSSR count). The number of halogens is 1. The molecular weight excluding hydrogens is 467 g/mol. The second-order valence-corrected chi connectivity index (χ2v) is 11.0. The number of pyridine rings is 2. The normalized spacial score (nSPS) is 16.0. The number of hydrogen-bond acceptors (Lipinski definition) is 5. The lowest BCUT2D eigenvalue weighted by Gasteiger charge is -2.30. The van der Waals surface area contributed by atoms with Gasteiger partial charge >= 0.3 is 0 Å². The van der Waals surface area contributed by atoms with Crippen molar-refractivity contribution in [3.8, 4) is 5.69 Å². The molecule has 37 heavy (non-hydrogen) atoms. The number of anilines is 2. The standard InChI is InChI=1S/C29H35FN6O/c1-18(2)35-28(37)24-17-32-27(16-25(24)36(35)23-11-12-31-26(15-23)29(3,4)30)33-21-9-7-19-8-10-22(34(5)6)14-20(19)13-21/h7,9,11-13,15-18,22H,8,10,14H2,1-6H3,(H,32,33). The SMILES string of the molecule is CC(C)n1c(=O)c2cnc(Nc3ccc4c(c3)CC(N(C)C)CC4)cc2n1-c1ccnc(C(C)(C)F)c1. The Labute approximate surface area is 216 Å². The first-order valence-corrected chi connectivity index (χ1v) is 12.9. The lowest BCUT2D eigenvalue weighted by atomic mass is 9.87. The van der Waals surface area contributed by atoms with Gasteiger partial charge in [0.05, 0.1) is 22.3 Å². The van der Waals surface area contributed by atoms with Crippen molar-refractivity contribution in [1.29, 1.82) is 0 Å². The summed E-state index contributed by atoms with van der Waals surface area (Å²) in [6.07, 6.45) is 6.49. The van der Waals surface area contributed by atoms with Gasteiger partial charge in [0.25, 0.3) is 5.56 Å². The quantitative estimate of drug-likeness (QED) is 0.376. The lowest BCUT2D eigenvalue weighted by molar-refractivity contribution is 0.214. The van der Waals surface area contributed by atoms with E-state index in [1.165, 1.54) is 31.4 Å². The Morgan fingerprint density at radius 1 is 1.11 bits per heavy atom. The third kappa shape index (κ3) is 4.78. The number of nitrogens with zero attached hydrogens (tertiary/aromatic N) is 5. The second-order valence-electron chi connectivity index (χ2n) is 11.0. The molecule has 3 aromatic heterocycles. The molecule has 1 aliphatic carbocycles. The number of likely N-dealkylation sites (N-methyl/N-ethyl adjacent to an activating group) is 1. The third-order valence-electron chi connectivity index (χ3n) is 7.26. The van der Waals surface area contributed by atoms with E-state index in [1.54, 1.807) is 29.2 Å². The van der Waals surface area contributed by atoms with Crippen LogP contribution in [-0.2, 0) is 18.5 Å². The summed E-state index contributed by atoms with van der Waals surface area (Å²) in [7, 11) is 4.28. The van der Waals surface area contributed by atoms with Crippen LogP contribution >= 0.6 is 0 Å². The Balaban J connectivity index is 1.57. The summed E-state index contributed by atoms with van der Waals surface area (Å²) in [5, 5.41) is 3.95. The highest BCUT2D eigenvalue weighted by Gasteiger charge is 2.24. The fourth-order valence-electron chi connectivity index (χ4n) is 5.19. The molecular formula is C29H35FN6O. The van der Waals surface area contributed by atoms with E-state index in [0.717, 1.165) is 18.5 Å². The summed E-state index contributed by atoms with van der Waals surface area (Å²) in [5.41, 5.74) is 3.68. The van der Waals surface area contributed by atoms with Gasteiger partial charge in [-0.15, -0.1) is 0 Å². The number of aryl methyl sites for hydroxylation is 1. The van der Waals surface area contributed by atoms with E-state index < -0.39 is 5.67 Å². The number of aromatic nitrogens is 4. The van der Waals surface area contributed by atoms with E-state index in [0.29, 0.717) is 34.1 Å². The molecule has 0 spiro atoms. The molecule has 0 radical (unpaired) electrons. The molecule has 0 aliphatic heterocycles. The summed E-state index contributed by atoms with van der Waals surface area (Å²) in [6, 6.07) is 12.3. The molecule has 1 aromatic carbocycles. The maximum atomic E-state index is 14.7. The van der Waals surface area contributed by atoms with Crippen LogP contribution in [0, 0.1) is 0 Å². The minimum atomic E-state index is -1.60. The van der Waals surface area contributed by atoms with Crippen molar-refractivity contribution in [1.82, 2.24) is 24.2 Å². The Morgan fingerprint density at radius 2 is 1.89 bits per heavy atom. The Kier molecular flexibility index (Phi) is 6.40. The summed E-state index contributed by atoms with van der Waals surface area (Å²) in [5.74, 6) is 0.641.